The van der Waals surface area contributed by atoms with E-state index >= 15 is 0 Å². The predicted octanol–water partition coefficient (Wildman–Crippen LogP) is 0.0220. The summed E-state index contributed by atoms with van der Waals surface area (Å²) in [4.78, 5) is 13.3. The largest absolute Gasteiger partial charge is 0.381 e. The molecule has 0 fully saturated rings. The standard InChI is InChI=1S/C12H23N5O3S/c1-4-7-17-9-10(12(13)15-17)21(19,20)14-8-11(18)16(5-2)6-3/h9,14H,4-8H2,1-3H3,(H2,13,15). The summed E-state index contributed by atoms with van der Waals surface area (Å²) in [6, 6.07) is 0. The molecule has 1 heterocycles. The van der Waals surface area contributed by atoms with Gasteiger partial charge in [-0.05, 0) is 20.3 Å². The minimum Gasteiger partial charge on any atom is -0.381 e. The summed E-state index contributed by atoms with van der Waals surface area (Å²) in [6.45, 7) is 6.99. The van der Waals surface area contributed by atoms with Crippen LogP contribution in [-0.2, 0) is 21.4 Å². The topological polar surface area (TPSA) is 110 Å². The highest BCUT2D eigenvalue weighted by molar-refractivity contribution is 7.89. The first-order chi connectivity index (χ1) is 9.85. The number of hydrogen-bond acceptors (Lipinski definition) is 5. The number of aryl methyl sites for hydroxylation is 1. The Morgan fingerprint density at radius 2 is 2.00 bits per heavy atom. The van der Waals surface area contributed by atoms with E-state index in [1.54, 1.807) is 4.90 Å². The molecule has 3 N–H and O–H groups in total. The number of likely N-dealkylation sites (N-methyl/N-ethyl adjacent to an activating group) is 1. The second-order valence-corrected chi connectivity index (χ2v) is 6.27. The Labute approximate surface area is 125 Å². The number of carbonyl (C=O) groups excluding carboxylic acids is 1. The molecule has 9 heteroatoms. The van der Waals surface area contributed by atoms with Gasteiger partial charge in [-0.25, -0.2) is 13.1 Å². The highest BCUT2D eigenvalue weighted by Crippen LogP contribution is 2.16. The van der Waals surface area contributed by atoms with Crippen LogP contribution in [0, 0.1) is 0 Å². The molecule has 1 aromatic rings. The lowest BCUT2D eigenvalue weighted by Crippen LogP contribution is -2.40. The van der Waals surface area contributed by atoms with Gasteiger partial charge in [-0.3, -0.25) is 9.48 Å². The Balaban J connectivity index is 2.80. The van der Waals surface area contributed by atoms with E-state index in [9.17, 15) is 13.2 Å². The molecule has 0 atom stereocenters. The third kappa shape index (κ3) is 4.43. The average Bonchev–Trinajstić information content (AvgIpc) is 2.80. The maximum atomic E-state index is 12.2. The normalized spacial score (nSPS) is 11.6. The van der Waals surface area contributed by atoms with Crippen molar-refractivity contribution in [3.8, 4) is 0 Å². The first-order valence-corrected chi connectivity index (χ1v) is 8.44. The minimum atomic E-state index is -3.84. The third-order valence-electron chi connectivity index (χ3n) is 3.03. The second kappa shape index (κ2) is 7.41. The van der Waals surface area contributed by atoms with Crippen molar-refractivity contribution < 1.29 is 13.2 Å². The number of hydrogen-bond donors (Lipinski definition) is 2. The quantitative estimate of drug-likeness (QED) is 0.702. The number of rotatable bonds is 8. The molecule has 21 heavy (non-hydrogen) atoms. The van der Waals surface area contributed by atoms with Crippen molar-refractivity contribution in [3.05, 3.63) is 6.20 Å². The van der Waals surface area contributed by atoms with Gasteiger partial charge in [0.2, 0.25) is 15.9 Å². The summed E-state index contributed by atoms with van der Waals surface area (Å²) in [5.41, 5.74) is 5.63. The van der Waals surface area contributed by atoms with Gasteiger partial charge in [-0.1, -0.05) is 6.92 Å². The molecule has 0 saturated heterocycles. The van der Waals surface area contributed by atoms with E-state index in [0.29, 0.717) is 19.6 Å². The zero-order valence-corrected chi connectivity index (χ0v) is 13.5. The number of nitrogens with zero attached hydrogens (tertiary/aromatic N) is 3. The van der Waals surface area contributed by atoms with Gasteiger partial charge in [0.25, 0.3) is 0 Å². The molecule has 0 aromatic carbocycles. The monoisotopic (exact) mass is 317 g/mol. The molecular weight excluding hydrogens is 294 g/mol. The smallest absolute Gasteiger partial charge is 0.246 e. The van der Waals surface area contributed by atoms with Gasteiger partial charge in [0, 0.05) is 25.8 Å². The predicted molar refractivity (Wildman–Crippen MR) is 80.0 cm³/mol. The Morgan fingerprint density at radius 1 is 1.38 bits per heavy atom. The fraction of sp³-hybridized carbons (Fsp3) is 0.667. The lowest BCUT2D eigenvalue weighted by molar-refractivity contribution is -0.129. The number of nitrogen functional groups attached to an aromatic ring is 1. The van der Waals surface area contributed by atoms with Crippen LogP contribution in [0.5, 0.6) is 0 Å². The molecule has 1 amide bonds. The number of sulfonamides is 1. The molecule has 8 nitrogen and oxygen atoms in total. The lowest BCUT2D eigenvalue weighted by Gasteiger charge is -2.18. The summed E-state index contributed by atoms with van der Waals surface area (Å²) in [5, 5.41) is 3.94. The maximum Gasteiger partial charge on any atom is 0.246 e. The highest BCUT2D eigenvalue weighted by Gasteiger charge is 2.22. The van der Waals surface area contributed by atoms with Gasteiger partial charge in [0.1, 0.15) is 4.90 Å². The van der Waals surface area contributed by atoms with E-state index < -0.39 is 10.0 Å². The minimum absolute atomic E-state index is 0.0637. The maximum absolute atomic E-state index is 12.2. The van der Waals surface area contributed by atoms with Crippen LogP contribution in [-0.4, -0.2) is 48.6 Å². The fourth-order valence-electron chi connectivity index (χ4n) is 1.89. The van der Waals surface area contributed by atoms with Crippen molar-refractivity contribution >= 4 is 21.7 Å². The summed E-state index contributed by atoms with van der Waals surface area (Å²) in [5.74, 6) is -0.339. The molecule has 0 aliphatic heterocycles. The number of nitrogens with one attached hydrogen (secondary N) is 1. The molecule has 0 saturated carbocycles. The van der Waals surface area contributed by atoms with Crippen LogP contribution >= 0.6 is 0 Å². The number of aromatic nitrogens is 2. The molecular formula is C12H23N5O3S. The van der Waals surface area contributed by atoms with E-state index in [4.69, 9.17) is 5.73 Å². The van der Waals surface area contributed by atoms with E-state index in [-0.39, 0.29) is 23.2 Å². The van der Waals surface area contributed by atoms with Gasteiger partial charge in [0.15, 0.2) is 5.82 Å². The van der Waals surface area contributed by atoms with Gasteiger partial charge in [0.05, 0.1) is 6.54 Å². The van der Waals surface area contributed by atoms with Gasteiger partial charge >= 0.3 is 0 Å². The zero-order valence-electron chi connectivity index (χ0n) is 12.7. The van der Waals surface area contributed by atoms with Crippen LogP contribution in [0.15, 0.2) is 11.1 Å². The van der Waals surface area contributed by atoms with E-state index in [0.717, 1.165) is 6.42 Å². The molecule has 0 aliphatic carbocycles. The van der Waals surface area contributed by atoms with Crippen molar-refractivity contribution in [1.82, 2.24) is 19.4 Å². The Morgan fingerprint density at radius 3 is 2.52 bits per heavy atom. The van der Waals surface area contributed by atoms with Crippen LogP contribution in [0.25, 0.3) is 0 Å². The first kappa shape index (κ1) is 17.4. The van der Waals surface area contributed by atoms with Gasteiger partial charge in [-0.2, -0.15) is 5.10 Å². The third-order valence-corrected chi connectivity index (χ3v) is 4.44. The molecule has 0 aliphatic rings. The lowest BCUT2D eigenvalue weighted by atomic mass is 10.4. The van der Waals surface area contributed by atoms with E-state index in [1.165, 1.54) is 10.9 Å². The van der Waals surface area contributed by atoms with Crippen molar-refractivity contribution in [2.45, 2.75) is 38.6 Å². The van der Waals surface area contributed by atoms with Crippen LogP contribution in [0.2, 0.25) is 0 Å². The highest BCUT2D eigenvalue weighted by atomic mass is 32.2. The van der Waals surface area contributed by atoms with Gasteiger partial charge < -0.3 is 10.6 Å². The van der Waals surface area contributed by atoms with Crippen LogP contribution in [0.1, 0.15) is 27.2 Å². The summed E-state index contributed by atoms with van der Waals surface area (Å²) >= 11 is 0. The molecule has 1 rings (SSSR count). The summed E-state index contributed by atoms with van der Waals surface area (Å²) in [7, 11) is -3.84. The van der Waals surface area contributed by atoms with Crippen molar-refractivity contribution in [1.29, 1.82) is 0 Å². The van der Waals surface area contributed by atoms with Crippen LogP contribution in [0.3, 0.4) is 0 Å². The van der Waals surface area contributed by atoms with E-state index in [1.807, 2.05) is 20.8 Å². The van der Waals surface area contributed by atoms with Gasteiger partial charge in [-0.15, -0.1) is 0 Å². The van der Waals surface area contributed by atoms with Crippen molar-refractivity contribution in [2.24, 2.45) is 0 Å². The fourth-order valence-corrected chi connectivity index (χ4v) is 2.94. The number of nitrogens with two attached hydrogens (primary N) is 1. The first-order valence-electron chi connectivity index (χ1n) is 6.96. The number of amides is 1. The van der Waals surface area contributed by atoms with E-state index in [2.05, 4.69) is 9.82 Å². The average molecular weight is 317 g/mol. The molecule has 0 bridgehead atoms. The molecule has 0 unspecified atom stereocenters. The van der Waals surface area contributed by atoms with Crippen LogP contribution in [0.4, 0.5) is 5.82 Å². The van der Waals surface area contributed by atoms with Crippen molar-refractivity contribution in [2.75, 3.05) is 25.4 Å². The summed E-state index contributed by atoms with van der Waals surface area (Å²) < 4.78 is 28.1. The Hall–Kier alpha value is -1.61. The van der Waals surface area contributed by atoms with Crippen LogP contribution < -0.4 is 10.5 Å². The number of anilines is 1. The van der Waals surface area contributed by atoms with Crippen molar-refractivity contribution in [3.63, 3.8) is 0 Å². The Kier molecular flexibility index (Phi) is 6.16. The summed E-state index contributed by atoms with van der Waals surface area (Å²) in [6.07, 6.45) is 2.19. The molecule has 0 spiro atoms. The SMILES string of the molecule is CCCn1cc(S(=O)(=O)NCC(=O)N(CC)CC)c(N)n1. The molecule has 120 valence electrons. The number of carbonyl (C=O) groups is 1. The zero-order chi connectivity index (χ0) is 16.0. The Bertz CT molecular complexity index is 578. The molecule has 1 aromatic heterocycles. The second-order valence-electron chi connectivity index (χ2n) is 4.53. The molecule has 0 radical (unpaired) electrons.